The van der Waals surface area contributed by atoms with Crippen molar-refractivity contribution in [1.29, 1.82) is 0 Å². The average Bonchev–Trinajstić information content (AvgIpc) is 2.96. The lowest BCUT2D eigenvalue weighted by Gasteiger charge is -2.16. The third-order valence-corrected chi connectivity index (χ3v) is 3.50. The smallest absolute Gasteiger partial charge is 0.306 e. The van der Waals surface area contributed by atoms with E-state index < -0.39 is 0 Å². The molecule has 1 aromatic rings. The molecule has 6 heteroatoms. The van der Waals surface area contributed by atoms with Crippen molar-refractivity contribution in [1.82, 2.24) is 10.4 Å². The highest BCUT2D eigenvalue weighted by Gasteiger charge is 2.28. The Balaban J connectivity index is 1.78. The fraction of sp³-hybridized carbons (Fsp3) is 0.500. The molecule has 1 aromatic carbocycles. The molecule has 5 nitrogen and oxygen atoms in total. The average molecular weight is 308 g/mol. The van der Waals surface area contributed by atoms with Crippen LogP contribution in [0.1, 0.15) is 31.7 Å². The van der Waals surface area contributed by atoms with Crippen LogP contribution in [0, 0.1) is 5.82 Å². The molecule has 0 radical (unpaired) electrons. The first kappa shape index (κ1) is 16.4. The highest BCUT2D eigenvalue weighted by atomic mass is 19.1. The number of rotatable bonds is 6. The van der Waals surface area contributed by atoms with Crippen molar-refractivity contribution in [3.05, 3.63) is 35.6 Å². The van der Waals surface area contributed by atoms with E-state index in [0.717, 1.165) is 18.4 Å². The second-order valence-corrected chi connectivity index (χ2v) is 5.39. The van der Waals surface area contributed by atoms with Crippen LogP contribution in [0.4, 0.5) is 4.39 Å². The van der Waals surface area contributed by atoms with Crippen LogP contribution in [0.5, 0.6) is 0 Å². The summed E-state index contributed by atoms with van der Waals surface area (Å²) in [5.74, 6) is -0.672. The maximum Gasteiger partial charge on any atom is 0.306 e. The van der Waals surface area contributed by atoms with Crippen molar-refractivity contribution in [2.24, 2.45) is 0 Å². The molecule has 1 amide bonds. The van der Waals surface area contributed by atoms with Crippen molar-refractivity contribution < 1.29 is 18.7 Å². The summed E-state index contributed by atoms with van der Waals surface area (Å²) >= 11 is 0. The number of amides is 1. The van der Waals surface area contributed by atoms with Gasteiger partial charge in [0.05, 0.1) is 19.5 Å². The number of carbonyl (C=O) groups is 2. The highest BCUT2D eigenvalue weighted by molar-refractivity contribution is 5.78. The second-order valence-electron chi connectivity index (χ2n) is 5.39. The number of nitrogens with zero attached hydrogens (tertiary/aromatic N) is 1. The molecule has 1 atom stereocenters. The molecule has 0 aromatic heterocycles. The van der Waals surface area contributed by atoms with Gasteiger partial charge >= 0.3 is 5.97 Å². The van der Waals surface area contributed by atoms with Gasteiger partial charge in [-0.3, -0.25) is 14.6 Å². The SMILES string of the molecule is CCCCC(=O)O[C@H]1CNN(C(=O)Cc2ccc(F)cc2)C1. The van der Waals surface area contributed by atoms with Crippen LogP contribution in [-0.2, 0) is 20.7 Å². The number of nitrogens with one attached hydrogen (secondary N) is 1. The van der Waals surface area contributed by atoms with Gasteiger partial charge in [0.25, 0.3) is 0 Å². The molecule has 1 aliphatic rings. The van der Waals surface area contributed by atoms with Gasteiger partial charge in [0.15, 0.2) is 0 Å². The largest absolute Gasteiger partial charge is 0.459 e. The molecule has 1 heterocycles. The topological polar surface area (TPSA) is 58.6 Å². The Morgan fingerprint density at radius 1 is 1.36 bits per heavy atom. The Morgan fingerprint density at radius 2 is 2.09 bits per heavy atom. The Bertz CT molecular complexity index is 519. The lowest BCUT2D eigenvalue weighted by atomic mass is 10.1. The summed E-state index contributed by atoms with van der Waals surface area (Å²) in [5.41, 5.74) is 3.68. The number of halogens is 1. The summed E-state index contributed by atoms with van der Waals surface area (Å²) in [5, 5.41) is 1.46. The van der Waals surface area contributed by atoms with E-state index in [0.29, 0.717) is 19.5 Å². The summed E-state index contributed by atoms with van der Waals surface area (Å²) in [6.07, 6.45) is 2.05. The molecule has 22 heavy (non-hydrogen) atoms. The number of hydrogen-bond acceptors (Lipinski definition) is 4. The monoisotopic (exact) mass is 308 g/mol. The molecular weight excluding hydrogens is 287 g/mol. The first-order chi connectivity index (χ1) is 10.6. The minimum absolute atomic E-state index is 0.126. The molecule has 0 bridgehead atoms. The normalized spacial score (nSPS) is 17.5. The van der Waals surface area contributed by atoms with Gasteiger partial charge in [-0.2, -0.15) is 0 Å². The second kappa shape index (κ2) is 7.89. The van der Waals surface area contributed by atoms with Crippen LogP contribution in [0.2, 0.25) is 0 Å². The standard InChI is InChI=1S/C16H21FN2O3/c1-2-3-4-16(21)22-14-10-18-19(11-14)15(20)9-12-5-7-13(17)8-6-12/h5-8,14,18H,2-4,9-11H2,1H3/t14-/m0/s1. The molecule has 0 spiro atoms. The molecule has 1 saturated heterocycles. The van der Waals surface area contributed by atoms with Gasteiger partial charge < -0.3 is 4.74 Å². The van der Waals surface area contributed by atoms with E-state index in [1.54, 1.807) is 12.1 Å². The van der Waals surface area contributed by atoms with Gasteiger partial charge in [-0.25, -0.2) is 9.82 Å². The lowest BCUT2D eigenvalue weighted by Crippen LogP contribution is -2.38. The van der Waals surface area contributed by atoms with E-state index in [1.165, 1.54) is 17.1 Å². The van der Waals surface area contributed by atoms with Gasteiger partial charge in [-0.05, 0) is 24.1 Å². The zero-order chi connectivity index (χ0) is 15.9. The number of benzene rings is 1. The van der Waals surface area contributed by atoms with Gasteiger partial charge in [-0.1, -0.05) is 25.5 Å². The van der Waals surface area contributed by atoms with E-state index in [9.17, 15) is 14.0 Å². The van der Waals surface area contributed by atoms with Crippen molar-refractivity contribution in [2.75, 3.05) is 13.1 Å². The maximum absolute atomic E-state index is 12.8. The van der Waals surface area contributed by atoms with Crippen LogP contribution in [0.15, 0.2) is 24.3 Å². The third kappa shape index (κ3) is 4.80. The maximum atomic E-state index is 12.8. The summed E-state index contributed by atoms with van der Waals surface area (Å²) in [6.45, 7) is 2.80. The zero-order valence-corrected chi connectivity index (χ0v) is 12.7. The first-order valence-corrected chi connectivity index (χ1v) is 7.56. The molecule has 0 saturated carbocycles. The van der Waals surface area contributed by atoms with Crippen LogP contribution < -0.4 is 5.43 Å². The lowest BCUT2D eigenvalue weighted by molar-refractivity contribution is -0.148. The van der Waals surface area contributed by atoms with Crippen LogP contribution >= 0.6 is 0 Å². The molecule has 1 N–H and O–H groups in total. The van der Waals surface area contributed by atoms with E-state index in [1.807, 2.05) is 6.92 Å². The van der Waals surface area contributed by atoms with Gasteiger partial charge in [-0.15, -0.1) is 0 Å². The number of unbranched alkanes of at least 4 members (excludes halogenated alkanes) is 1. The Kier molecular flexibility index (Phi) is 5.89. The molecule has 1 fully saturated rings. The van der Waals surface area contributed by atoms with Crippen molar-refractivity contribution >= 4 is 11.9 Å². The van der Waals surface area contributed by atoms with Crippen molar-refractivity contribution in [3.8, 4) is 0 Å². The zero-order valence-electron chi connectivity index (χ0n) is 12.7. The number of ether oxygens (including phenoxy) is 1. The predicted octanol–water partition coefficient (Wildman–Crippen LogP) is 1.82. The fourth-order valence-electron chi connectivity index (χ4n) is 2.25. The van der Waals surface area contributed by atoms with Gasteiger partial charge in [0.2, 0.25) is 5.91 Å². The van der Waals surface area contributed by atoms with E-state index >= 15 is 0 Å². The van der Waals surface area contributed by atoms with E-state index in [2.05, 4.69) is 5.43 Å². The predicted molar refractivity (Wildman–Crippen MR) is 79.2 cm³/mol. The van der Waals surface area contributed by atoms with Crippen molar-refractivity contribution in [3.63, 3.8) is 0 Å². The summed E-state index contributed by atoms with van der Waals surface area (Å²) in [7, 11) is 0. The summed E-state index contributed by atoms with van der Waals surface area (Å²) in [4.78, 5) is 23.7. The summed E-state index contributed by atoms with van der Waals surface area (Å²) < 4.78 is 18.1. The highest BCUT2D eigenvalue weighted by Crippen LogP contribution is 2.10. The molecule has 0 aliphatic carbocycles. The van der Waals surface area contributed by atoms with Gasteiger partial charge in [0, 0.05) is 6.42 Å². The molecule has 120 valence electrons. The quantitative estimate of drug-likeness (QED) is 0.814. The minimum atomic E-state index is -0.324. The molecule has 2 rings (SSSR count). The number of carbonyl (C=O) groups excluding carboxylic acids is 2. The number of hydrazine groups is 1. The molecule has 1 aliphatic heterocycles. The molecular formula is C16H21FN2O3. The van der Waals surface area contributed by atoms with E-state index in [4.69, 9.17) is 4.74 Å². The van der Waals surface area contributed by atoms with Crippen molar-refractivity contribution in [2.45, 2.75) is 38.7 Å². The number of esters is 1. The fourth-order valence-corrected chi connectivity index (χ4v) is 2.25. The Hall–Kier alpha value is -1.95. The first-order valence-electron chi connectivity index (χ1n) is 7.56. The van der Waals surface area contributed by atoms with Crippen LogP contribution in [-0.4, -0.2) is 36.1 Å². The Labute approximate surface area is 129 Å². The third-order valence-electron chi connectivity index (χ3n) is 3.50. The minimum Gasteiger partial charge on any atom is -0.459 e. The van der Waals surface area contributed by atoms with E-state index in [-0.39, 0.29) is 30.2 Å². The Morgan fingerprint density at radius 3 is 2.77 bits per heavy atom. The molecule has 0 unspecified atom stereocenters. The summed E-state index contributed by atoms with van der Waals surface area (Å²) in [6, 6.07) is 5.84. The van der Waals surface area contributed by atoms with Crippen LogP contribution in [0.25, 0.3) is 0 Å². The number of hydrogen-bond donors (Lipinski definition) is 1. The van der Waals surface area contributed by atoms with Gasteiger partial charge in [0.1, 0.15) is 11.9 Å². The van der Waals surface area contributed by atoms with Crippen LogP contribution in [0.3, 0.4) is 0 Å².